The molecule has 4 amide bonds. The monoisotopic (exact) mass is 422 g/mol. The Bertz CT molecular complexity index is 899. The minimum absolute atomic E-state index is 0.00603. The van der Waals surface area contributed by atoms with Gasteiger partial charge in [0.1, 0.15) is 0 Å². The first-order valence-electron chi connectivity index (χ1n) is 9.09. The number of alkyl halides is 3. The molecule has 4 N–H and O–H groups in total. The van der Waals surface area contributed by atoms with Crippen molar-refractivity contribution in [2.75, 3.05) is 23.7 Å². The molecule has 0 aromatic heterocycles. The summed E-state index contributed by atoms with van der Waals surface area (Å²) < 4.78 is 38.2. The van der Waals surface area contributed by atoms with E-state index < -0.39 is 17.8 Å². The first-order chi connectivity index (χ1) is 14.2. The number of amides is 4. The Kier molecular flexibility index (Phi) is 7.79. The van der Waals surface area contributed by atoms with Crippen LogP contribution in [0.5, 0.6) is 0 Å². The zero-order valence-corrected chi connectivity index (χ0v) is 16.1. The van der Waals surface area contributed by atoms with E-state index in [0.717, 1.165) is 12.1 Å². The van der Waals surface area contributed by atoms with Crippen molar-refractivity contribution in [1.29, 1.82) is 0 Å². The highest BCUT2D eigenvalue weighted by Gasteiger charge is 2.30. The number of anilines is 2. The number of benzene rings is 2. The molecule has 160 valence electrons. The van der Waals surface area contributed by atoms with E-state index in [1.54, 1.807) is 6.92 Å². The first kappa shape index (κ1) is 22.7. The fraction of sp³-hybridized carbons (Fsp3) is 0.250. The number of carbonyl (C=O) groups excluding carboxylic acids is 3. The molecule has 0 bridgehead atoms. The van der Waals surface area contributed by atoms with Crippen molar-refractivity contribution in [1.82, 2.24) is 10.6 Å². The van der Waals surface area contributed by atoms with Crippen LogP contribution in [0.15, 0.2) is 48.5 Å². The van der Waals surface area contributed by atoms with Crippen LogP contribution in [-0.4, -0.2) is 30.9 Å². The lowest BCUT2D eigenvalue weighted by Gasteiger charge is -2.11. The average molecular weight is 422 g/mol. The number of rotatable bonds is 7. The number of halogens is 3. The molecule has 0 fully saturated rings. The van der Waals surface area contributed by atoms with Gasteiger partial charge in [0.15, 0.2) is 0 Å². The maximum Gasteiger partial charge on any atom is 0.416 e. The van der Waals surface area contributed by atoms with E-state index in [9.17, 15) is 27.6 Å². The molecular weight excluding hydrogens is 401 g/mol. The normalized spacial score (nSPS) is 10.8. The first-order valence-corrected chi connectivity index (χ1v) is 9.09. The fourth-order valence-electron chi connectivity index (χ4n) is 2.38. The third-order valence-electron chi connectivity index (χ3n) is 3.91. The van der Waals surface area contributed by atoms with Crippen molar-refractivity contribution in [3.8, 4) is 0 Å². The highest BCUT2D eigenvalue weighted by molar-refractivity contribution is 6.00. The summed E-state index contributed by atoms with van der Waals surface area (Å²) >= 11 is 0. The summed E-state index contributed by atoms with van der Waals surface area (Å²) in [5.74, 6) is -0.455. The quantitative estimate of drug-likeness (QED) is 0.513. The van der Waals surface area contributed by atoms with Crippen LogP contribution in [-0.2, 0) is 11.0 Å². The Labute approximate surface area is 171 Å². The molecule has 0 heterocycles. The second kappa shape index (κ2) is 10.3. The molecule has 2 aromatic rings. The van der Waals surface area contributed by atoms with Crippen molar-refractivity contribution in [3.05, 3.63) is 59.7 Å². The molecule has 0 atom stereocenters. The molecule has 0 saturated carbocycles. The van der Waals surface area contributed by atoms with Gasteiger partial charge in [0, 0.05) is 36.4 Å². The number of hydrogen-bond acceptors (Lipinski definition) is 3. The van der Waals surface area contributed by atoms with E-state index in [1.165, 1.54) is 36.4 Å². The van der Waals surface area contributed by atoms with Gasteiger partial charge in [0.2, 0.25) is 5.91 Å². The van der Waals surface area contributed by atoms with E-state index in [-0.39, 0.29) is 24.0 Å². The summed E-state index contributed by atoms with van der Waals surface area (Å²) in [6.07, 6.45) is -4.14. The van der Waals surface area contributed by atoms with Gasteiger partial charge in [-0.3, -0.25) is 9.59 Å². The molecule has 10 heteroatoms. The molecule has 0 aliphatic rings. The summed E-state index contributed by atoms with van der Waals surface area (Å²) in [5.41, 5.74) is -0.176. The van der Waals surface area contributed by atoms with Crippen molar-refractivity contribution < 1.29 is 27.6 Å². The van der Waals surface area contributed by atoms with Crippen molar-refractivity contribution >= 4 is 29.2 Å². The van der Waals surface area contributed by atoms with Crippen LogP contribution in [0.2, 0.25) is 0 Å². The highest BCUT2D eigenvalue weighted by atomic mass is 19.4. The van der Waals surface area contributed by atoms with Gasteiger partial charge >= 0.3 is 12.2 Å². The molecule has 0 saturated heterocycles. The Hall–Kier alpha value is -3.56. The van der Waals surface area contributed by atoms with Crippen LogP contribution in [0.4, 0.5) is 29.3 Å². The van der Waals surface area contributed by atoms with Crippen LogP contribution in [0.25, 0.3) is 0 Å². The zero-order valence-electron chi connectivity index (χ0n) is 16.1. The molecule has 0 spiro atoms. The molecule has 0 aliphatic carbocycles. The average Bonchev–Trinajstić information content (AvgIpc) is 2.70. The summed E-state index contributed by atoms with van der Waals surface area (Å²) in [4.78, 5) is 35.1. The molecule has 7 nitrogen and oxygen atoms in total. The van der Waals surface area contributed by atoms with Crippen molar-refractivity contribution in [2.24, 2.45) is 0 Å². The molecule has 30 heavy (non-hydrogen) atoms. The van der Waals surface area contributed by atoms with Crippen LogP contribution in [0.3, 0.4) is 0 Å². The zero-order chi connectivity index (χ0) is 22.1. The lowest BCUT2D eigenvalue weighted by molar-refractivity contribution is -0.137. The molecule has 2 aromatic carbocycles. The molecule has 2 rings (SSSR count). The highest BCUT2D eigenvalue weighted by Crippen LogP contribution is 2.30. The third kappa shape index (κ3) is 7.12. The van der Waals surface area contributed by atoms with Gasteiger partial charge in [-0.2, -0.15) is 13.2 Å². The van der Waals surface area contributed by atoms with Gasteiger partial charge in [0.25, 0.3) is 5.91 Å². The summed E-state index contributed by atoms with van der Waals surface area (Å²) in [5, 5.41) is 10.1. The predicted octanol–water partition coefficient (Wildman–Crippen LogP) is 3.61. The Morgan fingerprint density at radius 2 is 1.50 bits per heavy atom. The van der Waals surface area contributed by atoms with E-state index >= 15 is 0 Å². The molecule has 0 aliphatic heterocycles. The smallest absolute Gasteiger partial charge is 0.354 e. The lowest BCUT2D eigenvalue weighted by Crippen LogP contribution is -2.34. The molecule has 0 unspecified atom stereocenters. The van der Waals surface area contributed by atoms with Gasteiger partial charge in [-0.25, -0.2) is 4.79 Å². The van der Waals surface area contributed by atoms with Gasteiger partial charge in [-0.1, -0.05) is 13.0 Å². The Balaban J connectivity index is 1.86. The summed E-state index contributed by atoms with van der Waals surface area (Å²) in [7, 11) is 0. The number of urea groups is 1. The maximum atomic E-state index is 12.7. The van der Waals surface area contributed by atoms with E-state index in [2.05, 4.69) is 21.3 Å². The molecule has 0 radical (unpaired) electrons. The maximum absolute atomic E-state index is 12.7. The summed E-state index contributed by atoms with van der Waals surface area (Å²) in [6.45, 7) is 2.31. The second-order valence-corrected chi connectivity index (χ2v) is 6.19. The number of nitrogens with one attached hydrogen (secondary N) is 4. The van der Waals surface area contributed by atoms with Crippen LogP contribution >= 0.6 is 0 Å². The van der Waals surface area contributed by atoms with E-state index in [0.29, 0.717) is 24.2 Å². The molecular formula is C20H21F3N4O3. The largest absolute Gasteiger partial charge is 0.416 e. The Morgan fingerprint density at radius 1 is 0.867 bits per heavy atom. The predicted molar refractivity (Wildman–Crippen MR) is 106 cm³/mol. The van der Waals surface area contributed by atoms with Gasteiger partial charge in [-0.15, -0.1) is 0 Å². The minimum Gasteiger partial charge on any atom is -0.354 e. The van der Waals surface area contributed by atoms with Gasteiger partial charge in [-0.05, 0) is 42.5 Å². The fourth-order valence-corrected chi connectivity index (χ4v) is 2.38. The van der Waals surface area contributed by atoms with Crippen LogP contribution in [0.1, 0.15) is 29.3 Å². The second-order valence-electron chi connectivity index (χ2n) is 6.19. The number of carbonyl (C=O) groups is 3. The standard InChI is InChI=1S/C20H21F3N4O3/c1-2-17(28)24-10-11-25-18(29)13-6-8-15(9-7-13)26-19(30)27-16-5-3-4-14(12-16)20(21,22)23/h3-9,12H,2,10-11H2,1H3,(H,24,28)(H,25,29)(H2,26,27,30). The van der Waals surface area contributed by atoms with Gasteiger partial charge in [0.05, 0.1) is 5.56 Å². The summed E-state index contributed by atoms with van der Waals surface area (Å²) in [6, 6.07) is 9.49. The Morgan fingerprint density at radius 3 is 2.13 bits per heavy atom. The topological polar surface area (TPSA) is 99.3 Å². The minimum atomic E-state index is -4.51. The van der Waals surface area contributed by atoms with Crippen LogP contribution < -0.4 is 21.3 Å². The van der Waals surface area contributed by atoms with E-state index in [4.69, 9.17) is 0 Å². The van der Waals surface area contributed by atoms with E-state index in [1.807, 2.05) is 0 Å². The van der Waals surface area contributed by atoms with Crippen molar-refractivity contribution in [3.63, 3.8) is 0 Å². The van der Waals surface area contributed by atoms with Crippen LogP contribution in [0, 0.1) is 0 Å². The van der Waals surface area contributed by atoms with Crippen molar-refractivity contribution in [2.45, 2.75) is 19.5 Å². The third-order valence-corrected chi connectivity index (χ3v) is 3.91. The number of hydrogen-bond donors (Lipinski definition) is 4. The SMILES string of the molecule is CCC(=O)NCCNC(=O)c1ccc(NC(=O)Nc2cccc(C(F)(F)F)c2)cc1. The lowest BCUT2D eigenvalue weighted by atomic mass is 10.2. The van der Waals surface area contributed by atoms with Gasteiger partial charge < -0.3 is 21.3 Å².